The molecule has 0 aromatic carbocycles. The van der Waals surface area contributed by atoms with Crippen LogP contribution >= 0.6 is 0 Å². The Morgan fingerprint density at radius 1 is 0.488 bits per heavy atom. The van der Waals surface area contributed by atoms with Crippen molar-refractivity contribution in [1.29, 1.82) is 0 Å². The lowest BCUT2D eigenvalue weighted by molar-refractivity contribution is -0.0602. The number of hydrogen-bond donors (Lipinski definition) is 1. The zero-order chi connectivity index (χ0) is 30.6. The second-order valence-corrected chi connectivity index (χ2v) is 13.4. The number of rotatable bonds is 1. The van der Waals surface area contributed by atoms with E-state index in [9.17, 15) is 0 Å². The molecule has 246 valence electrons. The first-order valence-corrected chi connectivity index (χ1v) is 16.7. The fourth-order valence-corrected chi connectivity index (χ4v) is 5.51. The van der Waals surface area contributed by atoms with Gasteiger partial charge in [0, 0.05) is 97.7 Å². The standard InChI is InChI=1S/C8H18N2.C7H15NO.C6H14N2.C6H13N.C5H12N2/c1-8(2)10-6-4-9(3)5-7-10;1-6-4-8(3)5-7(2)9-6;1-7-3-5-8(2)6-4-7;1-7-5-3-2-4-6-7;1-7-4-2-6-3-5-7/h8H,4-7H2,1-3H3;6-7H,4-5H2,1-3H3;3-6H2,1-2H3;2-6H2,1H3;6H,2-5H2,1H3. The van der Waals surface area contributed by atoms with E-state index in [1.807, 2.05) is 0 Å². The van der Waals surface area contributed by atoms with Gasteiger partial charge in [-0.1, -0.05) is 6.42 Å². The second kappa shape index (κ2) is 23.1. The van der Waals surface area contributed by atoms with Crippen LogP contribution in [0.25, 0.3) is 0 Å². The van der Waals surface area contributed by atoms with Crippen LogP contribution in [-0.4, -0.2) is 200 Å². The van der Waals surface area contributed by atoms with Gasteiger partial charge in [0.05, 0.1) is 12.2 Å². The zero-order valence-electron chi connectivity index (χ0n) is 29.2. The van der Waals surface area contributed by atoms with Crippen molar-refractivity contribution in [3.63, 3.8) is 0 Å². The molecule has 0 saturated carbocycles. The third-order valence-electron chi connectivity index (χ3n) is 8.52. The van der Waals surface area contributed by atoms with E-state index in [1.54, 1.807) is 0 Å². The van der Waals surface area contributed by atoms with Crippen molar-refractivity contribution in [2.24, 2.45) is 0 Å². The Kier molecular flexibility index (Phi) is 21.8. The first-order chi connectivity index (χ1) is 19.5. The van der Waals surface area contributed by atoms with E-state index in [0.717, 1.165) is 32.2 Å². The molecule has 0 aromatic rings. The summed E-state index contributed by atoms with van der Waals surface area (Å²) in [4.78, 5) is 16.7. The third kappa shape index (κ3) is 21.1. The first-order valence-electron chi connectivity index (χ1n) is 16.7. The van der Waals surface area contributed by atoms with Crippen LogP contribution in [0.1, 0.15) is 47.0 Å². The molecule has 0 radical (unpaired) electrons. The van der Waals surface area contributed by atoms with Gasteiger partial charge in [-0.25, -0.2) is 0 Å². The highest BCUT2D eigenvalue weighted by molar-refractivity contribution is 4.72. The number of nitrogens with one attached hydrogen (secondary N) is 1. The first kappa shape index (κ1) is 38.7. The summed E-state index contributed by atoms with van der Waals surface area (Å²) in [5.74, 6) is 0. The van der Waals surface area contributed by atoms with Crippen LogP contribution in [0, 0.1) is 0 Å². The Bertz CT molecular complexity index is 533. The Morgan fingerprint density at radius 2 is 0.854 bits per heavy atom. The molecule has 41 heavy (non-hydrogen) atoms. The molecule has 5 saturated heterocycles. The van der Waals surface area contributed by atoms with Gasteiger partial charge in [0.25, 0.3) is 0 Å². The normalized spacial score (nSPS) is 28.2. The summed E-state index contributed by atoms with van der Waals surface area (Å²) in [5.41, 5.74) is 0. The maximum Gasteiger partial charge on any atom is 0.0678 e. The monoisotopic (exact) mass is 585 g/mol. The van der Waals surface area contributed by atoms with E-state index < -0.39 is 0 Å². The van der Waals surface area contributed by atoms with Crippen molar-refractivity contribution in [2.45, 2.75) is 65.2 Å². The van der Waals surface area contributed by atoms with Crippen LogP contribution in [0.2, 0.25) is 0 Å². The molecule has 9 heteroatoms. The van der Waals surface area contributed by atoms with Gasteiger partial charge in [-0.2, -0.15) is 0 Å². The molecular formula is C32H72N8O. The minimum absolute atomic E-state index is 0.416. The molecule has 0 aliphatic carbocycles. The van der Waals surface area contributed by atoms with Gasteiger partial charge in [-0.05, 0) is 95.9 Å². The highest BCUT2D eigenvalue weighted by atomic mass is 16.5. The van der Waals surface area contributed by atoms with Crippen LogP contribution in [0.5, 0.6) is 0 Å². The predicted octanol–water partition coefficient (Wildman–Crippen LogP) is 1.85. The summed E-state index contributed by atoms with van der Waals surface area (Å²) >= 11 is 0. The topological polar surface area (TPSA) is 43.9 Å². The van der Waals surface area contributed by atoms with Crippen molar-refractivity contribution in [3.05, 3.63) is 0 Å². The average molecular weight is 585 g/mol. The molecule has 5 aliphatic heterocycles. The molecule has 5 fully saturated rings. The summed E-state index contributed by atoms with van der Waals surface area (Å²) in [6, 6.07) is 0.730. The quantitative estimate of drug-likeness (QED) is 0.498. The van der Waals surface area contributed by atoms with E-state index in [1.165, 1.54) is 97.8 Å². The molecule has 0 spiro atoms. The number of piperidine rings is 1. The number of likely N-dealkylation sites (tertiary alicyclic amines) is 1. The number of morpholine rings is 1. The number of ether oxygens (including phenoxy) is 1. The van der Waals surface area contributed by atoms with Crippen LogP contribution in [0.3, 0.4) is 0 Å². The van der Waals surface area contributed by atoms with Gasteiger partial charge in [0.2, 0.25) is 0 Å². The van der Waals surface area contributed by atoms with Gasteiger partial charge in [-0.15, -0.1) is 0 Å². The molecule has 5 heterocycles. The van der Waals surface area contributed by atoms with E-state index in [4.69, 9.17) is 4.74 Å². The number of likely N-dealkylation sites (N-methyl/N-ethyl adjacent to an activating group) is 5. The minimum Gasteiger partial charge on any atom is -0.373 e. The summed E-state index contributed by atoms with van der Waals surface area (Å²) in [5, 5.41) is 3.27. The second-order valence-electron chi connectivity index (χ2n) is 13.4. The molecule has 5 aliphatic rings. The van der Waals surface area contributed by atoms with Crippen LogP contribution < -0.4 is 5.32 Å². The Morgan fingerprint density at radius 3 is 1.15 bits per heavy atom. The van der Waals surface area contributed by atoms with Gasteiger partial charge < -0.3 is 39.5 Å². The molecule has 0 bridgehead atoms. The Hall–Kier alpha value is -0.360. The molecule has 0 amide bonds. The van der Waals surface area contributed by atoms with E-state index >= 15 is 0 Å². The Balaban J connectivity index is 0.000000258. The SMILES string of the molecule is CC(C)N1CCN(C)CC1.CC1CN(C)CC(C)O1.CN1CCCCC1.CN1CCN(C)CC1.CN1CCNCC1. The molecule has 0 aromatic heterocycles. The Labute approximate surface area is 256 Å². The minimum atomic E-state index is 0.416. The summed E-state index contributed by atoms with van der Waals surface area (Å²) in [6.07, 6.45) is 5.11. The van der Waals surface area contributed by atoms with Crippen LogP contribution in [-0.2, 0) is 4.74 Å². The molecule has 5 rings (SSSR count). The van der Waals surface area contributed by atoms with E-state index in [2.05, 4.69) is 110 Å². The molecule has 9 nitrogen and oxygen atoms in total. The number of piperazine rings is 3. The predicted molar refractivity (Wildman–Crippen MR) is 178 cm³/mol. The largest absolute Gasteiger partial charge is 0.373 e. The van der Waals surface area contributed by atoms with Gasteiger partial charge in [-0.3, -0.25) is 4.90 Å². The fourth-order valence-electron chi connectivity index (χ4n) is 5.51. The lowest BCUT2D eigenvalue weighted by Crippen LogP contribution is -2.47. The third-order valence-corrected chi connectivity index (χ3v) is 8.52. The zero-order valence-corrected chi connectivity index (χ0v) is 29.2. The lowest BCUT2D eigenvalue weighted by atomic mass is 10.1. The van der Waals surface area contributed by atoms with Crippen molar-refractivity contribution >= 4 is 0 Å². The summed E-state index contributed by atoms with van der Waals surface area (Å²) in [6.45, 7) is 28.2. The van der Waals surface area contributed by atoms with Crippen molar-refractivity contribution in [3.8, 4) is 0 Å². The van der Waals surface area contributed by atoms with Crippen LogP contribution in [0.4, 0.5) is 0 Å². The van der Waals surface area contributed by atoms with Gasteiger partial charge in [0.15, 0.2) is 0 Å². The van der Waals surface area contributed by atoms with Crippen molar-refractivity contribution in [1.82, 2.24) is 39.6 Å². The molecular weight excluding hydrogens is 512 g/mol. The maximum absolute atomic E-state index is 5.51. The molecule has 2 unspecified atom stereocenters. The molecule has 1 N–H and O–H groups in total. The smallest absolute Gasteiger partial charge is 0.0678 e. The fraction of sp³-hybridized carbons (Fsp3) is 1.00. The maximum atomic E-state index is 5.51. The lowest BCUT2D eigenvalue weighted by Gasteiger charge is -2.34. The van der Waals surface area contributed by atoms with Crippen molar-refractivity contribution < 1.29 is 4.74 Å². The van der Waals surface area contributed by atoms with E-state index in [-0.39, 0.29) is 0 Å². The highest BCUT2D eigenvalue weighted by Crippen LogP contribution is 2.07. The molecule has 2 atom stereocenters. The summed E-state index contributed by atoms with van der Waals surface area (Å²) in [7, 11) is 13.0. The number of nitrogens with zero attached hydrogens (tertiary/aromatic N) is 7. The van der Waals surface area contributed by atoms with Gasteiger partial charge >= 0.3 is 0 Å². The van der Waals surface area contributed by atoms with E-state index in [0.29, 0.717) is 12.2 Å². The van der Waals surface area contributed by atoms with Crippen LogP contribution in [0.15, 0.2) is 0 Å². The van der Waals surface area contributed by atoms with Gasteiger partial charge in [0.1, 0.15) is 0 Å². The highest BCUT2D eigenvalue weighted by Gasteiger charge is 2.18. The van der Waals surface area contributed by atoms with Crippen molar-refractivity contribution in [2.75, 3.05) is 147 Å². The average Bonchev–Trinajstić information content (AvgIpc) is 2.92. The summed E-state index contributed by atoms with van der Waals surface area (Å²) < 4.78 is 5.51. The number of hydrogen-bond acceptors (Lipinski definition) is 9.